The van der Waals surface area contributed by atoms with Crippen molar-refractivity contribution in [2.24, 2.45) is 5.92 Å². The second kappa shape index (κ2) is 10.2. The van der Waals surface area contributed by atoms with Crippen molar-refractivity contribution in [2.45, 2.75) is 35.5 Å². The Hall–Kier alpha value is -3.07. The highest BCUT2D eigenvalue weighted by Gasteiger charge is 2.31. The summed E-state index contributed by atoms with van der Waals surface area (Å²) in [6.07, 6.45) is 0.412. The van der Waals surface area contributed by atoms with Crippen LogP contribution in [-0.4, -0.2) is 29.0 Å². The van der Waals surface area contributed by atoms with Gasteiger partial charge in [-0.1, -0.05) is 42.1 Å². The quantitative estimate of drug-likeness (QED) is 0.536. The number of hydrogen-bond acceptors (Lipinski definition) is 5. The molecule has 33 heavy (non-hydrogen) atoms. The van der Waals surface area contributed by atoms with Crippen molar-refractivity contribution in [3.05, 3.63) is 78.1 Å². The van der Waals surface area contributed by atoms with Crippen LogP contribution in [0.5, 0.6) is 0 Å². The lowest BCUT2D eigenvalue weighted by atomic mass is 9.97. The van der Waals surface area contributed by atoms with E-state index in [9.17, 15) is 18.0 Å². The Balaban J connectivity index is 1.40. The number of nitrogens with zero attached hydrogens (tertiary/aromatic N) is 3. The summed E-state index contributed by atoms with van der Waals surface area (Å²) >= 11 is 1.52. The number of carbonyl (C=O) groups is 1. The average molecular weight is 473 g/mol. The van der Waals surface area contributed by atoms with Crippen molar-refractivity contribution in [1.29, 1.82) is 0 Å². The van der Waals surface area contributed by atoms with Crippen LogP contribution in [-0.2, 0) is 17.5 Å². The summed E-state index contributed by atoms with van der Waals surface area (Å²) in [6.45, 7) is 1.30. The molecule has 0 unspecified atom stereocenters. The molecule has 1 N–H and O–H groups in total. The SMILES string of the molecule is O=C(NCc1cccc(C(F)(F)F)c1)[C@H]1CCCN(c2nccnc2Sc2ccccc2)C1. The van der Waals surface area contributed by atoms with Crippen molar-refractivity contribution in [1.82, 2.24) is 15.3 Å². The number of benzene rings is 2. The third-order valence-electron chi connectivity index (χ3n) is 5.42. The lowest BCUT2D eigenvalue weighted by Crippen LogP contribution is -2.43. The van der Waals surface area contributed by atoms with Gasteiger partial charge < -0.3 is 10.2 Å². The Morgan fingerprint density at radius 2 is 1.88 bits per heavy atom. The molecule has 0 spiro atoms. The molecular formula is C24H23F3N4OS. The monoisotopic (exact) mass is 472 g/mol. The predicted molar refractivity (Wildman–Crippen MR) is 121 cm³/mol. The van der Waals surface area contributed by atoms with E-state index in [1.165, 1.54) is 17.8 Å². The molecule has 3 aromatic rings. The number of hydrogen-bond donors (Lipinski definition) is 1. The molecule has 2 heterocycles. The zero-order chi connectivity index (χ0) is 23.3. The zero-order valence-corrected chi connectivity index (χ0v) is 18.6. The number of carbonyl (C=O) groups excluding carboxylic acids is 1. The van der Waals surface area contributed by atoms with E-state index in [0.29, 0.717) is 18.5 Å². The summed E-state index contributed by atoms with van der Waals surface area (Å²) in [5.74, 6) is 0.293. The van der Waals surface area contributed by atoms with Crippen LogP contribution in [0.1, 0.15) is 24.0 Å². The van der Waals surface area contributed by atoms with Gasteiger partial charge >= 0.3 is 6.18 Å². The maximum Gasteiger partial charge on any atom is 0.416 e. The molecule has 0 aliphatic carbocycles. The van der Waals surface area contributed by atoms with E-state index in [-0.39, 0.29) is 18.4 Å². The lowest BCUT2D eigenvalue weighted by molar-refractivity contribution is -0.137. The van der Waals surface area contributed by atoms with Gasteiger partial charge in [-0.3, -0.25) is 4.79 Å². The molecule has 5 nitrogen and oxygen atoms in total. The van der Waals surface area contributed by atoms with Crippen LogP contribution in [0.25, 0.3) is 0 Å². The molecule has 172 valence electrons. The fourth-order valence-electron chi connectivity index (χ4n) is 3.78. The minimum absolute atomic E-state index is 0.0551. The maximum atomic E-state index is 12.9. The van der Waals surface area contributed by atoms with Crippen molar-refractivity contribution in [3.63, 3.8) is 0 Å². The molecule has 0 saturated carbocycles. The summed E-state index contributed by atoms with van der Waals surface area (Å²) in [6, 6.07) is 14.9. The topological polar surface area (TPSA) is 58.1 Å². The highest BCUT2D eigenvalue weighted by Crippen LogP contribution is 2.34. The molecule has 9 heteroatoms. The second-order valence-electron chi connectivity index (χ2n) is 7.80. The smallest absolute Gasteiger partial charge is 0.354 e. The van der Waals surface area contributed by atoms with Gasteiger partial charge in [0.2, 0.25) is 5.91 Å². The van der Waals surface area contributed by atoms with Crippen molar-refractivity contribution in [3.8, 4) is 0 Å². The Morgan fingerprint density at radius 1 is 1.09 bits per heavy atom. The minimum Gasteiger partial charge on any atom is -0.354 e. The van der Waals surface area contributed by atoms with Crippen molar-refractivity contribution >= 4 is 23.5 Å². The van der Waals surface area contributed by atoms with Crippen LogP contribution in [0.4, 0.5) is 19.0 Å². The first-order valence-corrected chi connectivity index (χ1v) is 11.4. The molecule has 2 aromatic carbocycles. The molecule has 1 aliphatic heterocycles. The third kappa shape index (κ3) is 6.04. The number of aromatic nitrogens is 2. The van der Waals surface area contributed by atoms with Gasteiger partial charge in [0.15, 0.2) is 5.82 Å². The number of amides is 1. The fraction of sp³-hybridized carbons (Fsp3) is 0.292. The van der Waals surface area contributed by atoms with Crippen LogP contribution < -0.4 is 10.2 Å². The van der Waals surface area contributed by atoms with E-state index in [2.05, 4.69) is 20.2 Å². The van der Waals surface area contributed by atoms with E-state index in [0.717, 1.165) is 40.8 Å². The normalized spacial score (nSPS) is 16.5. The van der Waals surface area contributed by atoms with Gasteiger partial charge in [-0.2, -0.15) is 13.2 Å². The molecule has 1 aliphatic rings. The van der Waals surface area contributed by atoms with Gasteiger partial charge in [0.25, 0.3) is 0 Å². The average Bonchev–Trinajstić information content (AvgIpc) is 2.83. The van der Waals surface area contributed by atoms with Gasteiger partial charge in [-0.05, 0) is 42.7 Å². The van der Waals surface area contributed by atoms with E-state index in [1.54, 1.807) is 18.5 Å². The molecule has 4 rings (SSSR count). The summed E-state index contributed by atoms with van der Waals surface area (Å²) in [5, 5.41) is 3.57. The minimum atomic E-state index is -4.41. The molecule has 0 bridgehead atoms. The maximum absolute atomic E-state index is 12.9. The van der Waals surface area contributed by atoms with Crippen LogP contribution in [0.3, 0.4) is 0 Å². The van der Waals surface area contributed by atoms with E-state index >= 15 is 0 Å². The molecular weight excluding hydrogens is 449 g/mol. The first-order chi connectivity index (χ1) is 15.9. The van der Waals surface area contributed by atoms with Crippen LogP contribution in [0, 0.1) is 5.92 Å². The van der Waals surface area contributed by atoms with Crippen LogP contribution in [0.2, 0.25) is 0 Å². The second-order valence-corrected chi connectivity index (χ2v) is 8.86. The number of halogens is 3. The predicted octanol–water partition coefficient (Wildman–Crippen LogP) is 5.18. The van der Waals surface area contributed by atoms with Gasteiger partial charge in [-0.25, -0.2) is 9.97 Å². The number of piperidine rings is 1. The third-order valence-corrected chi connectivity index (χ3v) is 6.41. The highest BCUT2D eigenvalue weighted by molar-refractivity contribution is 7.99. The number of rotatable bonds is 6. The largest absolute Gasteiger partial charge is 0.416 e. The molecule has 1 atom stereocenters. The van der Waals surface area contributed by atoms with Gasteiger partial charge in [-0.15, -0.1) is 0 Å². The number of anilines is 1. The highest BCUT2D eigenvalue weighted by atomic mass is 32.2. The Kier molecular flexibility index (Phi) is 7.17. The number of nitrogens with one attached hydrogen (secondary N) is 1. The van der Waals surface area contributed by atoms with Gasteiger partial charge in [0.05, 0.1) is 11.5 Å². The lowest BCUT2D eigenvalue weighted by Gasteiger charge is -2.33. The molecule has 1 aromatic heterocycles. The Bertz CT molecular complexity index is 1090. The van der Waals surface area contributed by atoms with E-state index in [4.69, 9.17) is 0 Å². The molecule has 1 saturated heterocycles. The van der Waals surface area contributed by atoms with E-state index < -0.39 is 11.7 Å². The standard InChI is InChI=1S/C24H23F3N4OS/c25-24(26,27)19-8-4-6-17(14-19)15-30-22(32)18-7-5-13-31(16-18)21-23(29-12-11-28-21)33-20-9-2-1-3-10-20/h1-4,6,8-12,14,18H,5,7,13,15-16H2,(H,30,32)/t18-/m0/s1. The number of alkyl halides is 3. The van der Waals surface area contributed by atoms with Gasteiger partial charge in [0.1, 0.15) is 5.03 Å². The van der Waals surface area contributed by atoms with Crippen LogP contribution in [0.15, 0.2) is 76.9 Å². The Morgan fingerprint density at radius 3 is 2.67 bits per heavy atom. The molecule has 1 fully saturated rings. The van der Waals surface area contributed by atoms with Gasteiger partial charge in [0, 0.05) is 36.9 Å². The van der Waals surface area contributed by atoms with Crippen LogP contribution >= 0.6 is 11.8 Å². The Labute approximate surface area is 194 Å². The summed E-state index contributed by atoms with van der Waals surface area (Å²) < 4.78 is 38.8. The summed E-state index contributed by atoms with van der Waals surface area (Å²) in [5.41, 5.74) is -0.300. The zero-order valence-electron chi connectivity index (χ0n) is 17.8. The van der Waals surface area contributed by atoms with Crippen molar-refractivity contribution < 1.29 is 18.0 Å². The summed E-state index contributed by atoms with van der Waals surface area (Å²) in [4.78, 5) is 24.9. The van der Waals surface area contributed by atoms with Crippen molar-refractivity contribution in [2.75, 3.05) is 18.0 Å². The fourth-order valence-corrected chi connectivity index (χ4v) is 4.68. The molecule has 1 amide bonds. The molecule has 0 radical (unpaired) electrons. The summed E-state index contributed by atoms with van der Waals surface area (Å²) in [7, 11) is 0. The first kappa shape index (κ1) is 23.1. The first-order valence-electron chi connectivity index (χ1n) is 10.6. The van der Waals surface area contributed by atoms with E-state index in [1.807, 2.05) is 30.3 Å².